The van der Waals surface area contributed by atoms with Crippen molar-refractivity contribution in [3.8, 4) is 0 Å². The molecule has 1 fully saturated rings. The molecule has 0 aliphatic carbocycles. The van der Waals surface area contributed by atoms with Crippen LogP contribution < -0.4 is 11.1 Å². The SMILES string of the molecule is CCC1(CCN)CCNC1. The Balaban J connectivity index is 2.41. The minimum atomic E-state index is 0.550. The quantitative estimate of drug-likeness (QED) is 0.609. The summed E-state index contributed by atoms with van der Waals surface area (Å²) in [6.45, 7) is 5.48. The van der Waals surface area contributed by atoms with Crippen LogP contribution in [-0.4, -0.2) is 19.6 Å². The normalized spacial score (nSPS) is 33.0. The molecular weight excluding hydrogens is 124 g/mol. The molecule has 10 heavy (non-hydrogen) atoms. The van der Waals surface area contributed by atoms with E-state index in [4.69, 9.17) is 5.73 Å². The highest BCUT2D eigenvalue weighted by atomic mass is 14.9. The Morgan fingerprint density at radius 3 is 2.80 bits per heavy atom. The van der Waals surface area contributed by atoms with Crippen LogP contribution >= 0.6 is 0 Å². The lowest BCUT2D eigenvalue weighted by molar-refractivity contribution is 0.289. The highest BCUT2D eigenvalue weighted by molar-refractivity contribution is 4.86. The first kappa shape index (κ1) is 8.02. The molecule has 0 amide bonds. The molecule has 3 N–H and O–H groups in total. The van der Waals surface area contributed by atoms with Crippen LogP contribution in [0.5, 0.6) is 0 Å². The Bertz CT molecular complexity index is 95.4. The van der Waals surface area contributed by atoms with Gasteiger partial charge in [-0.15, -0.1) is 0 Å². The van der Waals surface area contributed by atoms with Crippen LogP contribution in [-0.2, 0) is 0 Å². The van der Waals surface area contributed by atoms with Crippen LogP contribution in [0.4, 0.5) is 0 Å². The van der Waals surface area contributed by atoms with Gasteiger partial charge in [-0.1, -0.05) is 6.92 Å². The summed E-state index contributed by atoms with van der Waals surface area (Å²) < 4.78 is 0. The van der Waals surface area contributed by atoms with E-state index in [9.17, 15) is 0 Å². The molecule has 0 aromatic carbocycles. The Hall–Kier alpha value is -0.0800. The fourth-order valence-electron chi connectivity index (χ4n) is 1.79. The molecule has 1 saturated heterocycles. The summed E-state index contributed by atoms with van der Waals surface area (Å²) in [4.78, 5) is 0. The first-order valence-electron chi connectivity index (χ1n) is 4.24. The van der Waals surface area contributed by atoms with Gasteiger partial charge in [0.15, 0.2) is 0 Å². The molecule has 1 rings (SSSR count). The highest BCUT2D eigenvalue weighted by Gasteiger charge is 2.30. The molecule has 1 aliphatic heterocycles. The number of nitrogens with two attached hydrogens (primary N) is 1. The third-order valence-electron chi connectivity index (χ3n) is 2.76. The predicted molar refractivity (Wildman–Crippen MR) is 43.9 cm³/mol. The third kappa shape index (κ3) is 1.50. The molecule has 2 nitrogen and oxygen atoms in total. The van der Waals surface area contributed by atoms with Crippen LogP contribution in [0.3, 0.4) is 0 Å². The molecule has 0 bridgehead atoms. The number of hydrogen-bond donors (Lipinski definition) is 2. The summed E-state index contributed by atoms with van der Waals surface area (Å²) in [6.07, 6.45) is 3.79. The first-order chi connectivity index (χ1) is 4.83. The van der Waals surface area contributed by atoms with Crippen molar-refractivity contribution in [3.63, 3.8) is 0 Å². The van der Waals surface area contributed by atoms with Crippen molar-refractivity contribution < 1.29 is 0 Å². The van der Waals surface area contributed by atoms with E-state index >= 15 is 0 Å². The minimum Gasteiger partial charge on any atom is -0.330 e. The summed E-state index contributed by atoms with van der Waals surface area (Å²) in [5.74, 6) is 0. The van der Waals surface area contributed by atoms with E-state index in [-0.39, 0.29) is 0 Å². The van der Waals surface area contributed by atoms with Gasteiger partial charge in [-0.25, -0.2) is 0 Å². The lowest BCUT2D eigenvalue weighted by Gasteiger charge is -2.25. The van der Waals surface area contributed by atoms with Gasteiger partial charge in [0.2, 0.25) is 0 Å². The van der Waals surface area contributed by atoms with E-state index in [0.29, 0.717) is 5.41 Å². The van der Waals surface area contributed by atoms with Gasteiger partial charge in [-0.2, -0.15) is 0 Å². The van der Waals surface area contributed by atoms with E-state index in [1.54, 1.807) is 0 Å². The van der Waals surface area contributed by atoms with Crippen molar-refractivity contribution in [3.05, 3.63) is 0 Å². The summed E-state index contributed by atoms with van der Waals surface area (Å²) in [7, 11) is 0. The van der Waals surface area contributed by atoms with Crippen LogP contribution in [0.2, 0.25) is 0 Å². The highest BCUT2D eigenvalue weighted by Crippen LogP contribution is 2.32. The van der Waals surface area contributed by atoms with Gasteiger partial charge >= 0.3 is 0 Å². The Morgan fingerprint density at radius 2 is 2.40 bits per heavy atom. The van der Waals surface area contributed by atoms with Crippen LogP contribution in [0.1, 0.15) is 26.2 Å². The van der Waals surface area contributed by atoms with Gasteiger partial charge in [0.05, 0.1) is 0 Å². The van der Waals surface area contributed by atoms with Crippen molar-refractivity contribution in [2.24, 2.45) is 11.1 Å². The minimum absolute atomic E-state index is 0.550. The standard InChI is InChI=1S/C8H18N2/c1-2-8(3-5-9)4-6-10-7-8/h10H,2-7,9H2,1H3. The fraction of sp³-hybridized carbons (Fsp3) is 1.00. The molecule has 0 saturated carbocycles. The van der Waals surface area contributed by atoms with Crippen molar-refractivity contribution in [1.29, 1.82) is 0 Å². The average Bonchev–Trinajstić information content (AvgIpc) is 2.39. The second-order valence-electron chi connectivity index (χ2n) is 3.32. The summed E-state index contributed by atoms with van der Waals surface area (Å²) >= 11 is 0. The van der Waals surface area contributed by atoms with E-state index in [1.165, 1.54) is 32.4 Å². The molecule has 1 unspecified atom stereocenters. The molecule has 0 radical (unpaired) electrons. The molecule has 1 atom stereocenters. The Kier molecular flexibility index (Phi) is 2.69. The number of hydrogen-bond acceptors (Lipinski definition) is 2. The van der Waals surface area contributed by atoms with Gasteiger partial charge in [0.1, 0.15) is 0 Å². The lowest BCUT2D eigenvalue weighted by atomic mass is 9.81. The van der Waals surface area contributed by atoms with Crippen molar-refractivity contribution in [2.75, 3.05) is 19.6 Å². The second-order valence-corrected chi connectivity index (χ2v) is 3.32. The van der Waals surface area contributed by atoms with Gasteiger partial charge in [0, 0.05) is 6.54 Å². The molecule has 2 heteroatoms. The van der Waals surface area contributed by atoms with Gasteiger partial charge in [-0.05, 0) is 37.8 Å². The molecule has 0 spiro atoms. The largest absolute Gasteiger partial charge is 0.330 e. The molecule has 1 aliphatic rings. The zero-order valence-electron chi connectivity index (χ0n) is 6.82. The first-order valence-corrected chi connectivity index (χ1v) is 4.24. The second kappa shape index (κ2) is 3.35. The predicted octanol–water partition coefficient (Wildman–Crippen LogP) is 0.725. The Morgan fingerprint density at radius 1 is 1.60 bits per heavy atom. The average molecular weight is 142 g/mol. The van der Waals surface area contributed by atoms with E-state index in [2.05, 4.69) is 12.2 Å². The van der Waals surface area contributed by atoms with E-state index in [0.717, 1.165) is 6.54 Å². The fourth-order valence-corrected chi connectivity index (χ4v) is 1.79. The van der Waals surface area contributed by atoms with E-state index in [1.807, 2.05) is 0 Å². The molecule has 1 heterocycles. The number of nitrogens with one attached hydrogen (secondary N) is 1. The third-order valence-corrected chi connectivity index (χ3v) is 2.76. The van der Waals surface area contributed by atoms with Gasteiger partial charge in [0.25, 0.3) is 0 Å². The lowest BCUT2D eigenvalue weighted by Crippen LogP contribution is -2.26. The topological polar surface area (TPSA) is 38.0 Å². The molecule has 0 aromatic heterocycles. The zero-order valence-corrected chi connectivity index (χ0v) is 6.82. The maximum Gasteiger partial charge on any atom is 0.000866 e. The van der Waals surface area contributed by atoms with Crippen molar-refractivity contribution >= 4 is 0 Å². The molecule has 0 aromatic rings. The van der Waals surface area contributed by atoms with E-state index < -0.39 is 0 Å². The zero-order chi connectivity index (χ0) is 7.45. The van der Waals surface area contributed by atoms with Gasteiger partial charge < -0.3 is 11.1 Å². The number of rotatable bonds is 3. The smallest absolute Gasteiger partial charge is 0.000866 e. The summed E-state index contributed by atoms with van der Waals surface area (Å²) in [6, 6.07) is 0. The van der Waals surface area contributed by atoms with Crippen LogP contribution in [0, 0.1) is 5.41 Å². The maximum absolute atomic E-state index is 5.54. The molecular formula is C8H18N2. The van der Waals surface area contributed by atoms with Crippen LogP contribution in [0.15, 0.2) is 0 Å². The van der Waals surface area contributed by atoms with Crippen LogP contribution in [0.25, 0.3) is 0 Å². The maximum atomic E-state index is 5.54. The van der Waals surface area contributed by atoms with Crippen molar-refractivity contribution in [1.82, 2.24) is 5.32 Å². The summed E-state index contributed by atoms with van der Waals surface area (Å²) in [5.41, 5.74) is 6.09. The Labute approximate surface area is 63.2 Å². The van der Waals surface area contributed by atoms with Gasteiger partial charge in [-0.3, -0.25) is 0 Å². The van der Waals surface area contributed by atoms with Crippen molar-refractivity contribution in [2.45, 2.75) is 26.2 Å². The molecule has 60 valence electrons. The summed E-state index contributed by atoms with van der Waals surface area (Å²) in [5, 5.41) is 3.39. The monoisotopic (exact) mass is 142 g/mol.